The number of alkyl halides is 3. The average Bonchev–Trinajstić information content (AvgIpc) is 2.94. The van der Waals surface area contributed by atoms with Crippen molar-refractivity contribution in [2.45, 2.75) is 31.5 Å². The summed E-state index contributed by atoms with van der Waals surface area (Å²) in [5, 5.41) is 3.21. The lowest BCUT2D eigenvalue weighted by Crippen LogP contribution is -2.31. The van der Waals surface area contributed by atoms with Gasteiger partial charge in [0.25, 0.3) is 0 Å². The van der Waals surface area contributed by atoms with Crippen molar-refractivity contribution in [3.05, 3.63) is 30.1 Å². The smallest absolute Gasteiger partial charge is 0.318 e. The molecular weight excluding hydrogens is 267 g/mol. The molecule has 2 heterocycles. The Labute approximate surface area is 114 Å². The maximum absolute atomic E-state index is 12.9. The van der Waals surface area contributed by atoms with Gasteiger partial charge in [-0.1, -0.05) is 19.1 Å². The largest absolute Gasteiger partial charge is 0.406 e. The van der Waals surface area contributed by atoms with Crippen LogP contribution in [0.2, 0.25) is 0 Å². The lowest BCUT2D eigenvalue weighted by atomic mass is 9.89. The van der Waals surface area contributed by atoms with E-state index in [1.807, 2.05) is 6.92 Å². The van der Waals surface area contributed by atoms with E-state index in [0.717, 1.165) is 13.0 Å². The number of nitrogens with one attached hydrogen (secondary N) is 1. The number of para-hydroxylation sites is 2. The van der Waals surface area contributed by atoms with E-state index in [0.29, 0.717) is 23.4 Å². The fourth-order valence-electron chi connectivity index (χ4n) is 2.88. The molecule has 0 radical (unpaired) electrons. The van der Waals surface area contributed by atoms with Crippen molar-refractivity contribution in [1.82, 2.24) is 14.9 Å². The first-order chi connectivity index (χ1) is 9.39. The van der Waals surface area contributed by atoms with Crippen LogP contribution in [0.1, 0.15) is 19.2 Å². The molecule has 1 aromatic heterocycles. The molecule has 1 aromatic carbocycles. The molecule has 1 aliphatic heterocycles. The molecule has 1 fully saturated rings. The lowest BCUT2D eigenvalue weighted by molar-refractivity contribution is -0.140. The van der Waals surface area contributed by atoms with Crippen LogP contribution in [0, 0.1) is 0 Å². The van der Waals surface area contributed by atoms with Crippen LogP contribution in [-0.4, -0.2) is 28.8 Å². The van der Waals surface area contributed by atoms with Crippen molar-refractivity contribution in [1.29, 1.82) is 0 Å². The zero-order valence-electron chi connectivity index (χ0n) is 11.2. The van der Waals surface area contributed by atoms with E-state index in [1.54, 1.807) is 24.3 Å². The van der Waals surface area contributed by atoms with E-state index in [2.05, 4.69) is 10.3 Å². The van der Waals surface area contributed by atoms with E-state index < -0.39 is 12.7 Å². The summed E-state index contributed by atoms with van der Waals surface area (Å²) < 4.78 is 39.9. The highest BCUT2D eigenvalue weighted by Crippen LogP contribution is 2.33. The fraction of sp³-hybridized carbons (Fsp3) is 0.500. The highest BCUT2D eigenvalue weighted by atomic mass is 19.4. The van der Waals surface area contributed by atoms with Crippen molar-refractivity contribution in [2.75, 3.05) is 13.1 Å². The van der Waals surface area contributed by atoms with Crippen molar-refractivity contribution in [3.8, 4) is 0 Å². The summed E-state index contributed by atoms with van der Waals surface area (Å²) in [5.74, 6) is 0.529. The molecule has 1 unspecified atom stereocenters. The molecule has 20 heavy (non-hydrogen) atoms. The number of aromatic nitrogens is 2. The second-order valence-corrected chi connectivity index (χ2v) is 5.61. The topological polar surface area (TPSA) is 29.9 Å². The molecule has 1 N–H and O–H groups in total. The monoisotopic (exact) mass is 283 g/mol. The van der Waals surface area contributed by atoms with Crippen LogP contribution in [0.3, 0.4) is 0 Å². The maximum Gasteiger partial charge on any atom is 0.406 e. The highest BCUT2D eigenvalue weighted by Gasteiger charge is 2.38. The van der Waals surface area contributed by atoms with Crippen LogP contribution in [0.5, 0.6) is 0 Å². The molecule has 1 atom stereocenters. The van der Waals surface area contributed by atoms with Crippen molar-refractivity contribution in [3.63, 3.8) is 0 Å². The van der Waals surface area contributed by atoms with Crippen molar-refractivity contribution >= 4 is 11.0 Å². The molecule has 0 bridgehead atoms. The van der Waals surface area contributed by atoms with Crippen LogP contribution in [-0.2, 0) is 12.0 Å². The minimum atomic E-state index is -4.25. The van der Waals surface area contributed by atoms with Crippen LogP contribution >= 0.6 is 0 Å². The second kappa shape index (κ2) is 4.48. The van der Waals surface area contributed by atoms with Crippen molar-refractivity contribution in [2.24, 2.45) is 0 Å². The zero-order valence-corrected chi connectivity index (χ0v) is 11.2. The van der Waals surface area contributed by atoms with Crippen LogP contribution in [0.4, 0.5) is 13.2 Å². The third kappa shape index (κ3) is 2.28. The first-order valence-corrected chi connectivity index (χ1v) is 6.62. The zero-order chi connectivity index (χ0) is 14.4. The van der Waals surface area contributed by atoms with E-state index >= 15 is 0 Å². The predicted octanol–water partition coefficient (Wildman–Crippen LogP) is 2.85. The normalized spacial score (nSPS) is 23.6. The number of hydrogen-bond donors (Lipinski definition) is 1. The number of nitrogens with zero attached hydrogens (tertiary/aromatic N) is 2. The quantitative estimate of drug-likeness (QED) is 0.918. The molecule has 0 spiro atoms. The van der Waals surface area contributed by atoms with Gasteiger partial charge in [0.05, 0.1) is 11.0 Å². The molecule has 0 aliphatic carbocycles. The number of benzene rings is 1. The van der Waals surface area contributed by atoms with Crippen molar-refractivity contribution < 1.29 is 13.2 Å². The van der Waals surface area contributed by atoms with E-state index in [-0.39, 0.29) is 5.41 Å². The molecule has 3 rings (SSSR count). The first kappa shape index (κ1) is 13.4. The van der Waals surface area contributed by atoms with Gasteiger partial charge in [0.1, 0.15) is 12.4 Å². The molecular formula is C14H16F3N3. The molecule has 108 valence electrons. The Balaban J connectivity index is 2.17. The lowest BCUT2D eigenvalue weighted by Gasteiger charge is -2.24. The van der Waals surface area contributed by atoms with Gasteiger partial charge in [-0.05, 0) is 25.1 Å². The second-order valence-electron chi connectivity index (χ2n) is 5.61. The van der Waals surface area contributed by atoms with Gasteiger partial charge >= 0.3 is 6.18 Å². The Hall–Kier alpha value is -1.56. The Kier molecular flexibility index (Phi) is 3.01. The molecule has 1 aliphatic rings. The van der Waals surface area contributed by atoms with E-state index in [4.69, 9.17) is 0 Å². The molecule has 1 saturated heterocycles. The van der Waals surface area contributed by atoms with Gasteiger partial charge in [0, 0.05) is 12.0 Å². The summed E-state index contributed by atoms with van der Waals surface area (Å²) >= 11 is 0. The Morgan fingerprint density at radius 3 is 2.75 bits per heavy atom. The Morgan fingerprint density at radius 1 is 1.35 bits per heavy atom. The van der Waals surface area contributed by atoms with Gasteiger partial charge in [-0.3, -0.25) is 0 Å². The highest BCUT2D eigenvalue weighted by molar-refractivity contribution is 5.76. The number of fused-ring (bicyclic) bond motifs is 1. The summed E-state index contributed by atoms with van der Waals surface area (Å²) in [7, 11) is 0. The number of rotatable bonds is 2. The summed E-state index contributed by atoms with van der Waals surface area (Å²) in [6, 6.07) is 7.00. The molecule has 3 nitrogen and oxygen atoms in total. The Morgan fingerprint density at radius 2 is 2.10 bits per heavy atom. The Bertz CT molecular complexity index is 624. The predicted molar refractivity (Wildman–Crippen MR) is 70.6 cm³/mol. The first-order valence-electron chi connectivity index (χ1n) is 6.62. The van der Waals surface area contributed by atoms with Gasteiger partial charge in [-0.15, -0.1) is 0 Å². The minimum Gasteiger partial charge on any atom is -0.318 e. The van der Waals surface area contributed by atoms with Gasteiger partial charge in [0.15, 0.2) is 0 Å². The number of hydrogen-bond acceptors (Lipinski definition) is 2. The number of imidazole rings is 1. The van der Waals surface area contributed by atoms with Gasteiger partial charge in [0.2, 0.25) is 0 Å². The van der Waals surface area contributed by atoms with Crippen LogP contribution in [0.25, 0.3) is 11.0 Å². The van der Waals surface area contributed by atoms with Crippen LogP contribution < -0.4 is 5.32 Å². The molecule has 0 saturated carbocycles. The van der Waals surface area contributed by atoms with Gasteiger partial charge in [-0.2, -0.15) is 13.2 Å². The molecule has 2 aromatic rings. The van der Waals surface area contributed by atoms with E-state index in [9.17, 15) is 13.2 Å². The standard InChI is InChI=1S/C14H16F3N3/c1-13(6-7-18-8-13)12-19-10-4-2-3-5-11(10)20(12)9-14(15,16)17/h2-5,18H,6-9H2,1H3. The van der Waals surface area contributed by atoms with Crippen LogP contribution in [0.15, 0.2) is 24.3 Å². The summed E-state index contributed by atoms with van der Waals surface area (Å²) in [6.07, 6.45) is -3.45. The number of halogens is 3. The maximum atomic E-state index is 12.9. The van der Waals surface area contributed by atoms with E-state index in [1.165, 1.54) is 4.57 Å². The summed E-state index contributed by atoms with van der Waals surface area (Å²) in [4.78, 5) is 4.47. The SMILES string of the molecule is CC1(c2nc3ccccc3n2CC(F)(F)F)CCNC1. The summed E-state index contributed by atoms with van der Waals surface area (Å²) in [5.41, 5.74) is 0.831. The average molecular weight is 283 g/mol. The third-order valence-corrected chi connectivity index (χ3v) is 3.90. The molecule has 6 heteroatoms. The summed E-state index contributed by atoms with van der Waals surface area (Å²) in [6.45, 7) is 2.46. The van der Waals surface area contributed by atoms with Gasteiger partial charge in [-0.25, -0.2) is 4.98 Å². The fourth-order valence-corrected chi connectivity index (χ4v) is 2.88. The minimum absolute atomic E-state index is 0.343. The molecule has 0 amide bonds. The van der Waals surface area contributed by atoms with Gasteiger partial charge < -0.3 is 9.88 Å². The third-order valence-electron chi connectivity index (χ3n) is 3.90.